The van der Waals surface area contributed by atoms with E-state index in [9.17, 15) is 9.90 Å². The van der Waals surface area contributed by atoms with Crippen LogP contribution < -0.4 is 5.32 Å². The Bertz CT molecular complexity index is 277. The van der Waals surface area contributed by atoms with Gasteiger partial charge in [-0.15, -0.1) is 0 Å². The molecule has 0 amide bonds. The summed E-state index contributed by atoms with van der Waals surface area (Å²) in [7, 11) is 0. The zero-order valence-corrected chi connectivity index (χ0v) is 12.8. The van der Waals surface area contributed by atoms with E-state index in [4.69, 9.17) is 0 Å². The molecule has 0 spiro atoms. The zero-order chi connectivity index (χ0) is 13.8. The molecular formula is C14H27NO2S. The van der Waals surface area contributed by atoms with Gasteiger partial charge in [0.1, 0.15) is 5.54 Å². The molecule has 0 aromatic carbocycles. The van der Waals surface area contributed by atoms with E-state index in [0.717, 1.165) is 5.25 Å². The molecule has 4 heteroatoms. The Hall–Kier alpha value is -0.220. The third-order valence-electron chi connectivity index (χ3n) is 3.50. The van der Waals surface area contributed by atoms with Crippen molar-refractivity contribution in [1.29, 1.82) is 0 Å². The molecule has 1 aliphatic carbocycles. The maximum atomic E-state index is 11.5. The highest BCUT2D eigenvalue weighted by atomic mass is 32.2. The van der Waals surface area contributed by atoms with Gasteiger partial charge >= 0.3 is 5.97 Å². The van der Waals surface area contributed by atoms with E-state index in [2.05, 4.69) is 12.2 Å². The van der Waals surface area contributed by atoms with E-state index in [1.807, 2.05) is 25.6 Å². The third-order valence-corrected chi connectivity index (χ3v) is 4.99. The topological polar surface area (TPSA) is 49.3 Å². The van der Waals surface area contributed by atoms with Crippen molar-refractivity contribution in [3.8, 4) is 0 Å². The Labute approximate surface area is 115 Å². The number of hydrogen-bond acceptors (Lipinski definition) is 3. The number of hydrogen-bond donors (Lipinski definition) is 2. The lowest BCUT2D eigenvalue weighted by molar-refractivity contribution is -0.144. The molecule has 0 aromatic heterocycles. The summed E-state index contributed by atoms with van der Waals surface area (Å²) >= 11 is 1.98. The van der Waals surface area contributed by atoms with Crippen molar-refractivity contribution in [2.24, 2.45) is 0 Å². The highest BCUT2D eigenvalue weighted by Gasteiger charge is 2.35. The van der Waals surface area contributed by atoms with Crippen molar-refractivity contribution < 1.29 is 9.90 Å². The van der Waals surface area contributed by atoms with Crippen LogP contribution in [0.3, 0.4) is 0 Å². The van der Waals surface area contributed by atoms with Gasteiger partial charge in [0.2, 0.25) is 0 Å². The van der Waals surface area contributed by atoms with Gasteiger partial charge in [0.05, 0.1) is 0 Å². The molecule has 0 bridgehead atoms. The summed E-state index contributed by atoms with van der Waals surface area (Å²) < 4.78 is 0. The van der Waals surface area contributed by atoms with Gasteiger partial charge in [-0.3, -0.25) is 10.1 Å². The molecular weight excluding hydrogens is 246 g/mol. The van der Waals surface area contributed by atoms with Crippen LogP contribution in [0.2, 0.25) is 0 Å². The van der Waals surface area contributed by atoms with E-state index >= 15 is 0 Å². The summed E-state index contributed by atoms with van der Waals surface area (Å²) in [6.07, 6.45) is 5.96. The van der Waals surface area contributed by atoms with Crippen LogP contribution in [0.25, 0.3) is 0 Å². The first kappa shape index (κ1) is 15.8. The first-order valence-electron chi connectivity index (χ1n) is 7.00. The molecule has 1 fully saturated rings. The molecule has 1 aliphatic rings. The zero-order valence-electron chi connectivity index (χ0n) is 12.0. The number of carboxylic acid groups (broad SMARTS) is 1. The van der Waals surface area contributed by atoms with Crippen LogP contribution in [0, 0.1) is 0 Å². The lowest BCUT2D eigenvalue weighted by atomic mass is 9.95. The van der Waals surface area contributed by atoms with Crippen molar-refractivity contribution in [1.82, 2.24) is 5.32 Å². The van der Waals surface area contributed by atoms with E-state index in [0.29, 0.717) is 11.7 Å². The van der Waals surface area contributed by atoms with Gasteiger partial charge in [-0.1, -0.05) is 19.8 Å². The predicted octanol–water partition coefficient (Wildman–Crippen LogP) is 3.28. The van der Waals surface area contributed by atoms with Gasteiger partial charge < -0.3 is 5.11 Å². The first-order chi connectivity index (χ1) is 8.33. The number of nitrogens with one attached hydrogen (secondary N) is 1. The fraction of sp³-hybridized carbons (Fsp3) is 0.929. The van der Waals surface area contributed by atoms with Gasteiger partial charge in [-0.2, -0.15) is 11.8 Å². The van der Waals surface area contributed by atoms with Crippen LogP contribution in [0.5, 0.6) is 0 Å². The second-order valence-corrected chi connectivity index (χ2v) is 7.74. The Morgan fingerprint density at radius 2 is 1.94 bits per heavy atom. The highest BCUT2D eigenvalue weighted by molar-refractivity contribution is 8.00. The van der Waals surface area contributed by atoms with Crippen molar-refractivity contribution in [2.75, 3.05) is 0 Å². The average molecular weight is 273 g/mol. The summed E-state index contributed by atoms with van der Waals surface area (Å²) in [6.45, 7) is 7.96. The number of carbonyl (C=O) groups is 1. The number of thioether (sulfide) groups is 1. The molecule has 1 saturated carbocycles. The summed E-state index contributed by atoms with van der Waals surface area (Å²) in [5, 5.41) is 13.8. The highest BCUT2D eigenvalue weighted by Crippen LogP contribution is 2.34. The first-order valence-corrected chi connectivity index (χ1v) is 7.94. The summed E-state index contributed by atoms with van der Waals surface area (Å²) in [6, 6.07) is 0.190. The molecule has 0 aromatic rings. The molecule has 3 nitrogen and oxygen atoms in total. The van der Waals surface area contributed by atoms with Gasteiger partial charge in [-0.05, 0) is 40.0 Å². The van der Waals surface area contributed by atoms with Crippen LogP contribution in [0.1, 0.15) is 59.8 Å². The lowest BCUT2D eigenvalue weighted by Crippen LogP contribution is -2.53. The predicted molar refractivity (Wildman–Crippen MR) is 78.2 cm³/mol. The van der Waals surface area contributed by atoms with Crippen LogP contribution in [-0.2, 0) is 4.79 Å². The number of aliphatic carboxylic acids is 1. The van der Waals surface area contributed by atoms with Crippen LogP contribution >= 0.6 is 11.8 Å². The van der Waals surface area contributed by atoms with Crippen molar-refractivity contribution in [2.45, 2.75) is 81.9 Å². The van der Waals surface area contributed by atoms with E-state index in [1.165, 1.54) is 25.7 Å². The van der Waals surface area contributed by atoms with Gasteiger partial charge in [-0.25, -0.2) is 0 Å². The minimum Gasteiger partial charge on any atom is -0.480 e. The van der Waals surface area contributed by atoms with Crippen molar-refractivity contribution in [3.63, 3.8) is 0 Å². The molecule has 18 heavy (non-hydrogen) atoms. The van der Waals surface area contributed by atoms with Gasteiger partial charge in [0.15, 0.2) is 0 Å². The monoisotopic (exact) mass is 273 g/mol. The van der Waals surface area contributed by atoms with Gasteiger partial charge in [0, 0.05) is 16.5 Å². The molecule has 0 radical (unpaired) electrons. The molecule has 106 valence electrons. The number of carboxylic acids is 1. The van der Waals surface area contributed by atoms with Crippen LogP contribution in [0.15, 0.2) is 0 Å². The summed E-state index contributed by atoms with van der Waals surface area (Å²) in [5.41, 5.74) is -0.806. The van der Waals surface area contributed by atoms with E-state index in [-0.39, 0.29) is 6.04 Å². The number of rotatable bonds is 7. The van der Waals surface area contributed by atoms with Gasteiger partial charge in [0.25, 0.3) is 0 Å². The van der Waals surface area contributed by atoms with E-state index in [1.54, 1.807) is 6.92 Å². The molecule has 2 unspecified atom stereocenters. The third kappa shape index (κ3) is 4.81. The Balaban J connectivity index is 2.51. The van der Waals surface area contributed by atoms with Crippen LogP contribution in [-0.4, -0.2) is 33.2 Å². The lowest BCUT2D eigenvalue weighted by Gasteiger charge is -2.31. The van der Waals surface area contributed by atoms with E-state index < -0.39 is 11.5 Å². The quantitative estimate of drug-likeness (QED) is 0.747. The van der Waals surface area contributed by atoms with Crippen molar-refractivity contribution >= 4 is 17.7 Å². The second-order valence-electron chi connectivity index (χ2n) is 5.99. The Morgan fingerprint density at radius 1 is 1.39 bits per heavy atom. The molecule has 0 saturated heterocycles. The molecule has 1 rings (SSSR count). The molecule has 0 heterocycles. The fourth-order valence-corrected chi connectivity index (χ4v) is 4.51. The Kier molecular flexibility index (Phi) is 5.99. The smallest absolute Gasteiger partial charge is 0.323 e. The minimum absolute atomic E-state index is 0.190. The molecule has 0 aliphatic heterocycles. The Morgan fingerprint density at radius 3 is 2.39 bits per heavy atom. The average Bonchev–Trinajstić information content (AvgIpc) is 2.68. The molecule has 2 N–H and O–H groups in total. The summed E-state index contributed by atoms with van der Waals surface area (Å²) in [4.78, 5) is 11.5. The van der Waals surface area contributed by atoms with Crippen molar-refractivity contribution in [3.05, 3.63) is 0 Å². The SMILES string of the molecule is CC(C)NC(C)(CC(C)SC1CCCC1)C(=O)O. The fourth-order valence-electron chi connectivity index (χ4n) is 2.82. The minimum atomic E-state index is -0.806. The van der Waals surface area contributed by atoms with Crippen LogP contribution in [0.4, 0.5) is 0 Å². The standard InChI is InChI=1S/C14H27NO2S/c1-10(2)15-14(4,13(16)17)9-11(3)18-12-7-5-6-8-12/h10-12,15H,5-9H2,1-4H3,(H,16,17). The maximum Gasteiger partial charge on any atom is 0.323 e. The normalized spacial score (nSPS) is 22.1. The molecule has 2 atom stereocenters. The summed E-state index contributed by atoms with van der Waals surface area (Å²) in [5.74, 6) is -0.741. The maximum absolute atomic E-state index is 11.5. The second kappa shape index (κ2) is 6.80. The largest absolute Gasteiger partial charge is 0.480 e.